The third-order valence-electron chi connectivity index (χ3n) is 0.285. The lowest BCUT2D eigenvalue weighted by Gasteiger charge is -1.64. The van der Waals surface area contributed by atoms with Crippen molar-refractivity contribution in [3.05, 3.63) is 12.7 Å². The maximum atomic E-state index is 9.22. The Morgan fingerprint density at radius 1 is 1.67 bits per heavy atom. The van der Waals surface area contributed by atoms with E-state index in [1.165, 1.54) is 12.2 Å². The number of carbonyl (C=O) groups excluding carboxylic acids is 2. The molecule has 0 fully saturated rings. The van der Waals surface area contributed by atoms with Gasteiger partial charge in [-0.1, -0.05) is 6.08 Å². The number of aliphatic imine (C=N–C) groups is 1. The third-order valence-corrected chi connectivity index (χ3v) is 0.285. The van der Waals surface area contributed by atoms with Crippen LogP contribution in [0.4, 0.5) is 0 Å². The van der Waals surface area contributed by atoms with Gasteiger partial charge in [0.2, 0.25) is 12.2 Å². The fraction of sp³-hybridized carbons (Fsp3) is 0.200. The molecule has 0 amide bonds. The molecule has 0 heterocycles. The molecule has 4 heteroatoms. The normalized spacial score (nSPS) is 4.89. The molecule has 9 heavy (non-hydrogen) atoms. The van der Waals surface area contributed by atoms with Crippen molar-refractivity contribution < 1.29 is 9.59 Å². The first kappa shape index (κ1) is 10.5. The molecule has 1 N–H and O–H groups in total. The molecule has 48 valence electrons. The second kappa shape index (κ2) is 16.1. The molecular formula is C5H6N2O2. The third kappa shape index (κ3) is 58.5. The van der Waals surface area contributed by atoms with Gasteiger partial charge in [0.05, 0.1) is 6.54 Å². The molecule has 0 saturated carbocycles. The van der Waals surface area contributed by atoms with E-state index >= 15 is 0 Å². The molecule has 0 radical (unpaired) electrons. The van der Waals surface area contributed by atoms with E-state index in [2.05, 4.69) is 11.6 Å². The van der Waals surface area contributed by atoms with Gasteiger partial charge < -0.3 is 0 Å². The number of nitrogens with zero attached hydrogens (tertiary/aromatic N) is 1. The summed E-state index contributed by atoms with van der Waals surface area (Å²) in [5, 5.41) is 5.40. The average Bonchev–Trinajstić information content (AvgIpc) is 1.86. The summed E-state index contributed by atoms with van der Waals surface area (Å²) < 4.78 is 0. The maximum absolute atomic E-state index is 9.22. The van der Waals surface area contributed by atoms with Crippen LogP contribution < -0.4 is 0 Å². The Hall–Kier alpha value is -1.50. The van der Waals surface area contributed by atoms with E-state index in [0.717, 1.165) is 6.08 Å². The lowest BCUT2D eigenvalue weighted by molar-refractivity contribution is 0.562. The van der Waals surface area contributed by atoms with Crippen molar-refractivity contribution in [2.75, 3.05) is 6.54 Å². The minimum atomic E-state index is 0.378. The van der Waals surface area contributed by atoms with E-state index in [-0.39, 0.29) is 0 Å². The monoisotopic (exact) mass is 126 g/mol. The van der Waals surface area contributed by atoms with Crippen LogP contribution in [0.5, 0.6) is 0 Å². The summed E-state index contributed by atoms with van der Waals surface area (Å²) in [7, 11) is 0. The zero-order valence-electron chi connectivity index (χ0n) is 4.76. The summed E-state index contributed by atoms with van der Waals surface area (Å²) in [4.78, 5) is 20.7. The van der Waals surface area contributed by atoms with Gasteiger partial charge in [-0.3, -0.25) is 0 Å². The first-order valence-electron chi connectivity index (χ1n) is 2.01. The number of rotatable bonds is 2. The molecule has 0 spiro atoms. The van der Waals surface area contributed by atoms with Crippen LogP contribution in [0.15, 0.2) is 17.6 Å². The van der Waals surface area contributed by atoms with Gasteiger partial charge in [-0.25, -0.2) is 20.0 Å². The highest BCUT2D eigenvalue weighted by Gasteiger charge is 1.58. The standard InChI is InChI=1S/C4H5NO.CHNO/c1-2-3-5-4-6;2-1-3/h2H,1,3H2;2H. The minimum Gasteiger partial charge on any atom is -0.222 e. The van der Waals surface area contributed by atoms with Crippen molar-refractivity contribution in [3.63, 3.8) is 0 Å². The molecule has 0 bridgehead atoms. The molecule has 0 aromatic rings. The van der Waals surface area contributed by atoms with E-state index in [9.17, 15) is 4.79 Å². The van der Waals surface area contributed by atoms with Crippen LogP contribution in [-0.4, -0.2) is 18.7 Å². The fourth-order valence-electron chi connectivity index (χ4n) is 0.102. The van der Waals surface area contributed by atoms with Gasteiger partial charge in [-0.2, -0.15) is 0 Å². The van der Waals surface area contributed by atoms with Crippen LogP contribution in [0.1, 0.15) is 0 Å². The molecule has 0 saturated heterocycles. The molecule has 0 aliphatic carbocycles. The lowest BCUT2D eigenvalue weighted by atomic mass is 10.7. The molecule has 0 atom stereocenters. The van der Waals surface area contributed by atoms with Gasteiger partial charge in [0.25, 0.3) is 0 Å². The molecule has 0 aromatic heterocycles. The van der Waals surface area contributed by atoms with E-state index < -0.39 is 0 Å². The van der Waals surface area contributed by atoms with E-state index in [1.54, 1.807) is 0 Å². The quantitative estimate of drug-likeness (QED) is 0.330. The summed E-state index contributed by atoms with van der Waals surface area (Å²) in [6.45, 7) is 3.70. The average molecular weight is 126 g/mol. The molecule has 0 aliphatic rings. The Bertz CT molecular complexity index is 141. The Labute approximate surface area is 52.4 Å². The van der Waals surface area contributed by atoms with Crippen LogP contribution in [0.2, 0.25) is 0 Å². The number of isocyanates is 2. The van der Waals surface area contributed by atoms with Crippen molar-refractivity contribution in [1.82, 2.24) is 0 Å². The number of hydrogen-bond acceptors (Lipinski definition) is 4. The van der Waals surface area contributed by atoms with Crippen LogP contribution in [-0.2, 0) is 9.59 Å². The van der Waals surface area contributed by atoms with Crippen molar-refractivity contribution in [2.24, 2.45) is 4.99 Å². The van der Waals surface area contributed by atoms with Crippen LogP contribution >= 0.6 is 0 Å². The van der Waals surface area contributed by atoms with E-state index in [0.29, 0.717) is 6.54 Å². The van der Waals surface area contributed by atoms with Crippen molar-refractivity contribution >= 4 is 12.2 Å². The highest BCUT2D eigenvalue weighted by molar-refractivity contribution is 5.33. The van der Waals surface area contributed by atoms with Gasteiger partial charge >= 0.3 is 0 Å². The predicted octanol–water partition coefficient (Wildman–Crippen LogP) is 0.409. The highest BCUT2D eigenvalue weighted by Crippen LogP contribution is 1.61. The number of hydrogen-bond donors (Lipinski definition) is 1. The van der Waals surface area contributed by atoms with Gasteiger partial charge in [0, 0.05) is 0 Å². The molecule has 4 nitrogen and oxygen atoms in total. The summed E-state index contributed by atoms with van der Waals surface area (Å²) in [5.41, 5.74) is 0. The van der Waals surface area contributed by atoms with E-state index in [4.69, 9.17) is 10.2 Å². The molecule has 0 aromatic carbocycles. The van der Waals surface area contributed by atoms with Gasteiger partial charge in [-0.15, -0.1) is 6.58 Å². The van der Waals surface area contributed by atoms with Crippen LogP contribution in [0.3, 0.4) is 0 Å². The topological polar surface area (TPSA) is 70.3 Å². The Morgan fingerprint density at radius 3 is 2.22 bits per heavy atom. The molecular weight excluding hydrogens is 120 g/mol. The first-order valence-corrected chi connectivity index (χ1v) is 2.01. The summed E-state index contributed by atoms with van der Waals surface area (Å²) in [6.07, 6.45) is 3.66. The fourth-order valence-corrected chi connectivity index (χ4v) is 0.102. The second-order valence-electron chi connectivity index (χ2n) is 0.823. The maximum Gasteiger partial charge on any atom is 0.235 e. The first-order chi connectivity index (χ1) is 4.33. The summed E-state index contributed by atoms with van der Waals surface area (Å²) in [6, 6.07) is 0. The Kier molecular flexibility index (Phi) is 18.7. The molecule has 0 unspecified atom stereocenters. The van der Waals surface area contributed by atoms with Gasteiger partial charge in [-0.05, 0) is 0 Å². The number of nitrogens with one attached hydrogen (secondary N) is 1. The Balaban J connectivity index is 0. The predicted molar refractivity (Wildman–Crippen MR) is 31.6 cm³/mol. The van der Waals surface area contributed by atoms with Crippen molar-refractivity contribution in [3.8, 4) is 0 Å². The Morgan fingerprint density at radius 2 is 2.11 bits per heavy atom. The lowest BCUT2D eigenvalue weighted by Crippen LogP contribution is -1.63. The SMILES string of the molecule is C=CCN=C=O.N=C=O. The van der Waals surface area contributed by atoms with Crippen molar-refractivity contribution in [2.45, 2.75) is 0 Å². The van der Waals surface area contributed by atoms with E-state index in [1.807, 2.05) is 0 Å². The van der Waals surface area contributed by atoms with Crippen LogP contribution in [0.25, 0.3) is 0 Å². The zero-order chi connectivity index (χ0) is 7.54. The summed E-state index contributed by atoms with van der Waals surface area (Å²) >= 11 is 0. The second-order valence-corrected chi connectivity index (χ2v) is 0.823. The smallest absolute Gasteiger partial charge is 0.222 e. The molecule has 0 aliphatic heterocycles. The van der Waals surface area contributed by atoms with Crippen LogP contribution in [0, 0.1) is 5.41 Å². The highest BCUT2D eigenvalue weighted by atomic mass is 16.1. The molecule has 0 rings (SSSR count). The zero-order valence-corrected chi connectivity index (χ0v) is 4.76. The summed E-state index contributed by atoms with van der Waals surface area (Å²) in [5.74, 6) is 0. The van der Waals surface area contributed by atoms with Crippen molar-refractivity contribution in [1.29, 1.82) is 5.41 Å². The van der Waals surface area contributed by atoms with Gasteiger partial charge in [0.1, 0.15) is 0 Å². The minimum absolute atomic E-state index is 0.378. The largest absolute Gasteiger partial charge is 0.235 e. The van der Waals surface area contributed by atoms with Gasteiger partial charge in [0.15, 0.2) is 0 Å².